The zero-order valence-corrected chi connectivity index (χ0v) is 16.5. The molecule has 2 N–H and O–H groups in total. The van der Waals surface area contributed by atoms with Crippen LogP contribution in [0.3, 0.4) is 0 Å². The molecule has 3 aromatic rings. The summed E-state index contributed by atoms with van der Waals surface area (Å²) in [5.74, 6) is -1.10. The third kappa shape index (κ3) is 3.75. The number of phenols is 1. The molecule has 1 heterocycles. The van der Waals surface area contributed by atoms with Gasteiger partial charge in [-0.05, 0) is 47.7 Å². The molecule has 5 heteroatoms. The molecule has 0 saturated carbocycles. The predicted octanol–water partition coefficient (Wildman–Crippen LogP) is 5.60. The topological polar surface area (TPSA) is 87.7 Å². The first kappa shape index (κ1) is 19.9. The number of phenolic OH excluding ortho intramolecular Hbond substituents is 1. The Balaban J connectivity index is 2.14. The van der Waals surface area contributed by atoms with Crippen LogP contribution in [0.15, 0.2) is 39.5 Å². The number of carbonyl (C=O) groups is 1. The average molecular weight is 382 g/mol. The standard InChI is InChI=1S/C23H26O5/c1-4-5-6-7-10-23(2,3)15-12-18(24)20-17-11-14(21(25)26)8-9-16(17)22(27)28-19(20)13-15/h8-9,11-13,24H,4-7,10H2,1-3H3,(H,25,26). The second-order valence-electron chi connectivity index (χ2n) is 8.02. The fourth-order valence-corrected chi connectivity index (χ4v) is 3.70. The molecule has 1 aromatic heterocycles. The van der Waals surface area contributed by atoms with Crippen molar-refractivity contribution in [3.63, 3.8) is 0 Å². The van der Waals surface area contributed by atoms with Crippen LogP contribution >= 0.6 is 0 Å². The van der Waals surface area contributed by atoms with E-state index < -0.39 is 11.6 Å². The molecule has 0 aliphatic carbocycles. The van der Waals surface area contributed by atoms with Gasteiger partial charge >= 0.3 is 11.6 Å². The van der Waals surface area contributed by atoms with Crippen LogP contribution < -0.4 is 5.63 Å². The minimum Gasteiger partial charge on any atom is -0.507 e. The fraction of sp³-hybridized carbons (Fsp3) is 0.391. The monoisotopic (exact) mass is 382 g/mol. The van der Waals surface area contributed by atoms with E-state index in [0.29, 0.717) is 10.8 Å². The average Bonchev–Trinajstić information content (AvgIpc) is 2.64. The highest BCUT2D eigenvalue weighted by Gasteiger charge is 2.23. The number of fused-ring (bicyclic) bond motifs is 3. The Morgan fingerprint density at radius 2 is 1.82 bits per heavy atom. The molecule has 148 valence electrons. The molecule has 0 saturated heterocycles. The molecule has 0 spiro atoms. The van der Waals surface area contributed by atoms with Gasteiger partial charge in [0.25, 0.3) is 0 Å². The molecule has 0 aliphatic rings. The van der Waals surface area contributed by atoms with Gasteiger partial charge in [0.05, 0.1) is 16.3 Å². The van der Waals surface area contributed by atoms with Crippen LogP contribution in [0.1, 0.15) is 68.8 Å². The summed E-state index contributed by atoms with van der Waals surface area (Å²) in [5.41, 5.74) is 0.494. The number of unbranched alkanes of at least 4 members (excludes halogenated alkanes) is 3. The lowest BCUT2D eigenvalue weighted by Crippen LogP contribution is -2.17. The number of carboxylic acid groups (broad SMARTS) is 1. The van der Waals surface area contributed by atoms with Gasteiger partial charge < -0.3 is 14.6 Å². The number of carboxylic acids is 1. The normalized spacial score (nSPS) is 12.0. The summed E-state index contributed by atoms with van der Waals surface area (Å²) in [6.45, 7) is 6.40. The third-order valence-corrected chi connectivity index (χ3v) is 5.48. The summed E-state index contributed by atoms with van der Waals surface area (Å²) in [7, 11) is 0. The van der Waals surface area contributed by atoms with Crippen molar-refractivity contribution in [1.29, 1.82) is 0 Å². The lowest BCUT2D eigenvalue weighted by molar-refractivity contribution is 0.0697. The number of hydrogen-bond acceptors (Lipinski definition) is 4. The highest BCUT2D eigenvalue weighted by atomic mass is 16.4. The van der Waals surface area contributed by atoms with Crippen LogP contribution in [0.2, 0.25) is 0 Å². The zero-order valence-electron chi connectivity index (χ0n) is 16.5. The first-order valence-corrected chi connectivity index (χ1v) is 9.72. The Morgan fingerprint density at radius 3 is 2.50 bits per heavy atom. The molecule has 3 rings (SSSR count). The van der Waals surface area contributed by atoms with Crippen molar-refractivity contribution in [1.82, 2.24) is 0 Å². The summed E-state index contributed by atoms with van der Waals surface area (Å²) < 4.78 is 5.47. The smallest absolute Gasteiger partial charge is 0.344 e. The maximum Gasteiger partial charge on any atom is 0.344 e. The van der Waals surface area contributed by atoms with Crippen LogP contribution in [-0.4, -0.2) is 16.2 Å². The molecule has 0 fully saturated rings. The van der Waals surface area contributed by atoms with Crippen molar-refractivity contribution >= 4 is 27.7 Å². The van der Waals surface area contributed by atoms with Crippen molar-refractivity contribution in [3.05, 3.63) is 51.9 Å². The molecular weight excluding hydrogens is 356 g/mol. The van der Waals surface area contributed by atoms with Crippen molar-refractivity contribution < 1.29 is 19.4 Å². The van der Waals surface area contributed by atoms with Gasteiger partial charge in [-0.15, -0.1) is 0 Å². The number of aromatic hydroxyl groups is 1. The van der Waals surface area contributed by atoms with Gasteiger partial charge in [-0.2, -0.15) is 0 Å². The summed E-state index contributed by atoms with van der Waals surface area (Å²) in [6.07, 6.45) is 5.58. The fourth-order valence-electron chi connectivity index (χ4n) is 3.70. The van der Waals surface area contributed by atoms with E-state index in [1.165, 1.54) is 31.0 Å². The molecule has 0 amide bonds. The second-order valence-corrected chi connectivity index (χ2v) is 8.02. The van der Waals surface area contributed by atoms with Crippen LogP contribution in [0.5, 0.6) is 5.75 Å². The zero-order chi connectivity index (χ0) is 20.5. The van der Waals surface area contributed by atoms with Gasteiger partial charge in [0.1, 0.15) is 11.3 Å². The lowest BCUT2D eigenvalue weighted by Gasteiger charge is -2.26. The molecule has 28 heavy (non-hydrogen) atoms. The quantitative estimate of drug-likeness (QED) is 0.315. The Bertz CT molecular complexity index is 1090. The Hall–Kier alpha value is -2.82. The van der Waals surface area contributed by atoms with Gasteiger partial charge in [-0.25, -0.2) is 9.59 Å². The molecular formula is C23H26O5. The Morgan fingerprint density at radius 1 is 1.07 bits per heavy atom. The molecule has 0 aliphatic heterocycles. The van der Waals surface area contributed by atoms with Gasteiger partial charge in [0.15, 0.2) is 0 Å². The highest BCUT2D eigenvalue weighted by molar-refractivity contribution is 6.09. The van der Waals surface area contributed by atoms with E-state index in [1.807, 2.05) is 0 Å². The molecule has 2 aromatic carbocycles. The van der Waals surface area contributed by atoms with Gasteiger partial charge in [0, 0.05) is 5.39 Å². The van der Waals surface area contributed by atoms with E-state index in [2.05, 4.69) is 20.8 Å². The van der Waals surface area contributed by atoms with Gasteiger partial charge in [-0.3, -0.25) is 0 Å². The molecule has 0 unspecified atom stereocenters. The van der Waals surface area contributed by atoms with Crippen LogP contribution in [0.4, 0.5) is 0 Å². The minimum atomic E-state index is -1.09. The minimum absolute atomic E-state index is 0.00887. The number of hydrogen-bond donors (Lipinski definition) is 2. The molecule has 5 nitrogen and oxygen atoms in total. The van der Waals surface area contributed by atoms with Crippen LogP contribution in [-0.2, 0) is 5.41 Å². The van der Waals surface area contributed by atoms with E-state index in [1.54, 1.807) is 12.1 Å². The lowest BCUT2D eigenvalue weighted by atomic mass is 9.79. The first-order chi connectivity index (χ1) is 13.2. The van der Waals surface area contributed by atoms with Crippen molar-refractivity contribution in [2.24, 2.45) is 0 Å². The van der Waals surface area contributed by atoms with E-state index in [9.17, 15) is 19.8 Å². The number of benzene rings is 2. The van der Waals surface area contributed by atoms with Crippen molar-refractivity contribution in [2.45, 2.75) is 58.3 Å². The van der Waals surface area contributed by atoms with E-state index in [4.69, 9.17) is 4.42 Å². The predicted molar refractivity (Wildman–Crippen MR) is 110 cm³/mol. The third-order valence-electron chi connectivity index (χ3n) is 5.48. The van der Waals surface area contributed by atoms with E-state index in [0.717, 1.165) is 24.8 Å². The van der Waals surface area contributed by atoms with Gasteiger partial charge in [-0.1, -0.05) is 46.5 Å². The molecule has 0 atom stereocenters. The van der Waals surface area contributed by atoms with E-state index in [-0.39, 0.29) is 27.7 Å². The summed E-state index contributed by atoms with van der Waals surface area (Å²) >= 11 is 0. The van der Waals surface area contributed by atoms with Gasteiger partial charge in [0.2, 0.25) is 0 Å². The molecule has 0 bridgehead atoms. The first-order valence-electron chi connectivity index (χ1n) is 9.72. The van der Waals surface area contributed by atoms with E-state index >= 15 is 0 Å². The summed E-state index contributed by atoms with van der Waals surface area (Å²) in [5, 5.41) is 21.0. The number of rotatable bonds is 7. The van der Waals surface area contributed by atoms with Crippen LogP contribution in [0, 0.1) is 0 Å². The SMILES string of the molecule is CCCCCCC(C)(C)c1cc(O)c2c(c1)oc(=O)c1ccc(C(=O)O)cc12. The van der Waals surface area contributed by atoms with Crippen molar-refractivity contribution in [3.8, 4) is 5.75 Å². The summed E-state index contributed by atoms with van der Waals surface area (Å²) in [6, 6.07) is 7.69. The number of aromatic carboxylic acids is 1. The second kappa shape index (κ2) is 7.66. The Labute approximate surface area is 163 Å². The highest BCUT2D eigenvalue weighted by Crippen LogP contribution is 2.38. The summed E-state index contributed by atoms with van der Waals surface area (Å²) in [4.78, 5) is 23.7. The van der Waals surface area contributed by atoms with Crippen LogP contribution in [0.25, 0.3) is 21.7 Å². The maximum atomic E-state index is 12.4. The largest absolute Gasteiger partial charge is 0.507 e. The maximum absolute atomic E-state index is 12.4. The Kier molecular flexibility index (Phi) is 5.45. The molecule has 0 radical (unpaired) electrons. The van der Waals surface area contributed by atoms with Crippen molar-refractivity contribution in [2.75, 3.05) is 0 Å².